The van der Waals surface area contributed by atoms with Crippen molar-refractivity contribution in [2.75, 3.05) is 5.32 Å². The monoisotopic (exact) mass is 358 g/mol. The minimum absolute atomic E-state index is 0. The van der Waals surface area contributed by atoms with Crippen molar-refractivity contribution < 1.29 is 54.5 Å². The van der Waals surface area contributed by atoms with E-state index in [1.165, 1.54) is 25.3 Å². The van der Waals surface area contributed by atoms with Crippen LogP contribution in [0.15, 0.2) is 41.6 Å². The molecule has 0 aliphatic heterocycles. The Morgan fingerprint density at radius 2 is 1.88 bits per heavy atom. The summed E-state index contributed by atoms with van der Waals surface area (Å²) < 4.78 is 26.1. The third-order valence-electron chi connectivity index (χ3n) is 2.83. The zero-order valence-electron chi connectivity index (χ0n) is 14.4. The first-order valence-corrected chi connectivity index (χ1v) is 6.63. The smallest absolute Gasteiger partial charge is 1.00 e. The van der Waals surface area contributed by atoms with Gasteiger partial charge < -0.3 is 11.8 Å². The Labute approximate surface area is 164 Å². The number of nitrogens with zero attached hydrogens (tertiary/aromatic N) is 2. The summed E-state index contributed by atoms with van der Waals surface area (Å²) in [5.74, 6) is -2.87. The number of pyridine rings is 1. The molecule has 0 bridgehead atoms. The van der Waals surface area contributed by atoms with Gasteiger partial charge in [-0.25, -0.2) is 23.8 Å². The van der Waals surface area contributed by atoms with E-state index in [9.17, 15) is 18.4 Å². The molecule has 1 heterocycles. The molecule has 25 heavy (non-hydrogen) atoms. The molecule has 0 saturated carbocycles. The third-order valence-corrected chi connectivity index (χ3v) is 2.83. The molecule has 1 aromatic carbocycles. The van der Waals surface area contributed by atoms with Crippen molar-refractivity contribution in [1.82, 2.24) is 10.4 Å². The summed E-state index contributed by atoms with van der Waals surface area (Å²) in [4.78, 5) is 26.7. The Morgan fingerprint density at radius 1 is 1.24 bits per heavy atom. The Hall–Kier alpha value is -2.36. The number of hydrazone groups is 1. The first-order valence-electron chi connectivity index (χ1n) is 6.63. The van der Waals surface area contributed by atoms with Gasteiger partial charge in [-0.3, -0.25) is 4.98 Å². The predicted octanol–water partition coefficient (Wildman–Crippen LogP) is -0.280. The quantitative estimate of drug-likeness (QED) is 0.397. The second-order valence-electron chi connectivity index (χ2n) is 4.63. The van der Waals surface area contributed by atoms with Crippen molar-refractivity contribution in [1.29, 1.82) is 0 Å². The summed E-state index contributed by atoms with van der Waals surface area (Å²) in [5.41, 5.74) is 2.16. The minimum atomic E-state index is -1.19. The molecule has 0 aliphatic carbocycles. The largest absolute Gasteiger partial charge is 1.00 e. The Kier molecular flexibility index (Phi) is 7.62. The summed E-state index contributed by atoms with van der Waals surface area (Å²) in [6.45, 7) is 1.46. The number of anilines is 1. The number of halogens is 2. The molecule has 2 aromatic rings. The fourth-order valence-electron chi connectivity index (χ4n) is 1.84. The molecule has 1 aromatic heterocycles. The van der Waals surface area contributed by atoms with E-state index in [0.717, 1.165) is 12.1 Å². The molecular formula is C15H13F2N4NaO3. The Balaban J connectivity index is 0.00000312. The van der Waals surface area contributed by atoms with E-state index in [4.69, 9.17) is 5.11 Å². The Morgan fingerprint density at radius 3 is 2.48 bits per heavy atom. The summed E-state index contributed by atoms with van der Waals surface area (Å²) in [5, 5.41) is 15.0. The molecule has 2 amide bonds. The number of carboxylic acid groups (broad SMARTS) is 1. The van der Waals surface area contributed by atoms with Crippen molar-refractivity contribution in [3.8, 4) is 0 Å². The van der Waals surface area contributed by atoms with Crippen molar-refractivity contribution >= 4 is 23.4 Å². The van der Waals surface area contributed by atoms with Gasteiger partial charge in [-0.1, -0.05) is 0 Å². The number of aromatic carboxylic acids is 1. The second kappa shape index (κ2) is 9.21. The second-order valence-corrected chi connectivity index (χ2v) is 4.63. The molecular weight excluding hydrogens is 345 g/mol. The molecule has 0 radical (unpaired) electrons. The average molecular weight is 358 g/mol. The van der Waals surface area contributed by atoms with Crippen molar-refractivity contribution in [2.45, 2.75) is 6.92 Å². The number of hydrogen-bond donors (Lipinski definition) is 3. The fourth-order valence-corrected chi connectivity index (χ4v) is 1.84. The van der Waals surface area contributed by atoms with Gasteiger partial charge in [-0.15, -0.1) is 0 Å². The van der Waals surface area contributed by atoms with Crippen LogP contribution in [0.25, 0.3) is 0 Å². The molecule has 0 atom stereocenters. The summed E-state index contributed by atoms with van der Waals surface area (Å²) in [7, 11) is 0. The van der Waals surface area contributed by atoms with Gasteiger partial charge >= 0.3 is 41.6 Å². The van der Waals surface area contributed by atoms with Crippen LogP contribution >= 0.6 is 0 Å². The topological polar surface area (TPSA) is 104 Å². The number of hydrogen-bond acceptors (Lipinski definition) is 4. The number of carbonyl (C=O) groups excluding carboxylic acids is 1. The van der Waals surface area contributed by atoms with Crippen LogP contribution in [0.1, 0.15) is 24.4 Å². The van der Waals surface area contributed by atoms with Crippen LogP contribution in [0, 0.1) is 11.6 Å². The van der Waals surface area contributed by atoms with Crippen molar-refractivity contribution in [3.63, 3.8) is 0 Å². The number of carboxylic acids is 1. The molecule has 0 unspecified atom stereocenters. The van der Waals surface area contributed by atoms with Gasteiger partial charge in [-0.05, 0) is 31.2 Å². The molecule has 0 saturated heterocycles. The average Bonchev–Trinajstić information content (AvgIpc) is 2.51. The predicted molar refractivity (Wildman–Crippen MR) is 83.0 cm³/mol. The normalized spacial score (nSPS) is 10.6. The maximum absolute atomic E-state index is 13.0. The summed E-state index contributed by atoms with van der Waals surface area (Å²) in [6, 6.07) is 4.48. The van der Waals surface area contributed by atoms with Crippen LogP contribution in [-0.4, -0.2) is 27.8 Å². The number of amides is 2. The van der Waals surface area contributed by atoms with Crippen molar-refractivity contribution in [3.05, 3.63) is 59.4 Å². The molecule has 0 aliphatic rings. The SMILES string of the molecule is C/C(=N\NC(=O)Nc1cc(F)cc(F)c1)c1ncccc1C(=O)O.[H-].[Na+]. The number of carbonyl (C=O) groups is 2. The fraction of sp³-hybridized carbons (Fsp3) is 0.0667. The van der Waals surface area contributed by atoms with Gasteiger partial charge in [0.05, 0.1) is 11.3 Å². The van der Waals surface area contributed by atoms with E-state index in [0.29, 0.717) is 6.07 Å². The van der Waals surface area contributed by atoms with Gasteiger partial charge in [0.2, 0.25) is 0 Å². The van der Waals surface area contributed by atoms with E-state index < -0.39 is 23.6 Å². The van der Waals surface area contributed by atoms with Gasteiger partial charge in [0.15, 0.2) is 0 Å². The standard InChI is InChI=1S/C15H12F2N4O3.Na.H/c1-8(13-12(14(22)23)3-2-4-18-13)20-21-15(24)19-11-6-9(16)5-10(17)7-11;;/h2-7H,1H3,(H,22,23)(H2,19,21,24);;/q;+1;-1/b20-8+;;. The molecule has 3 N–H and O–H groups in total. The van der Waals surface area contributed by atoms with Gasteiger partial charge in [-0.2, -0.15) is 5.10 Å². The first kappa shape index (κ1) is 20.7. The zero-order chi connectivity index (χ0) is 17.7. The minimum Gasteiger partial charge on any atom is -1.00 e. The molecule has 126 valence electrons. The number of urea groups is 1. The Bertz CT molecular complexity index is 816. The molecule has 0 spiro atoms. The zero-order valence-corrected chi connectivity index (χ0v) is 15.4. The third kappa shape index (κ3) is 5.89. The van der Waals surface area contributed by atoms with Gasteiger partial charge in [0, 0.05) is 18.0 Å². The van der Waals surface area contributed by atoms with E-state index >= 15 is 0 Å². The van der Waals surface area contributed by atoms with Crippen LogP contribution in [0.3, 0.4) is 0 Å². The number of rotatable bonds is 4. The summed E-state index contributed by atoms with van der Waals surface area (Å²) in [6.07, 6.45) is 1.39. The number of aromatic nitrogens is 1. The molecule has 2 rings (SSSR count). The van der Waals surface area contributed by atoms with E-state index in [-0.39, 0.29) is 53.6 Å². The molecule has 10 heteroatoms. The van der Waals surface area contributed by atoms with E-state index in [1.54, 1.807) is 0 Å². The summed E-state index contributed by atoms with van der Waals surface area (Å²) >= 11 is 0. The van der Waals surface area contributed by atoms with E-state index in [1.807, 2.05) is 0 Å². The van der Waals surface area contributed by atoms with Crippen LogP contribution in [0.4, 0.5) is 19.3 Å². The van der Waals surface area contributed by atoms with Gasteiger partial charge in [0.25, 0.3) is 0 Å². The maximum Gasteiger partial charge on any atom is 1.00 e. The first-order chi connectivity index (χ1) is 11.4. The molecule has 0 fully saturated rings. The van der Waals surface area contributed by atoms with E-state index in [2.05, 4.69) is 20.8 Å². The van der Waals surface area contributed by atoms with Crippen molar-refractivity contribution in [2.24, 2.45) is 5.10 Å². The molecule has 7 nitrogen and oxygen atoms in total. The van der Waals surface area contributed by atoms with Crippen LogP contribution in [-0.2, 0) is 0 Å². The van der Waals surface area contributed by atoms with Gasteiger partial charge in [0.1, 0.15) is 17.3 Å². The van der Waals surface area contributed by atoms with Crippen LogP contribution in [0.5, 0.6) is 0 Å². The van der Waals surface area contributed by atoms with Crippen LogP contribution < -0.4 is 40.3 Å². The van der Waals surface area contributed by atoms with Crippen LogP contribution in [0.2, 0.25) is 0 Å². The number of benzene rings is 1. The number of nitrogens with one attached hydrogen (secondary N) is 2. The maximum atomic E-state index is 13.0.